The van der Waals surface area contributed by atoms with E-state index in [-0.39, 0.29) is 5.56 Å². The lowest BCUT2D eigenvalue weighted by atomic mass is 10.1. The van der Waals surface area contributed by atoms with Crippen LogP contribution < -0.4 is 0 Å². The lowest BCUT2D eigenvalue weighted by Gasteiger charge is -2.10. The number of ether oxygens (including phenoxy) is 1. The van der Waals surface area contributed by atoms with Gasteiger partial charge in [-0.05, 0) is 17.7 Å². The Balaban J connectivity index is 3.27. The molecule has 0 saturated heterocycles. The number of rotatable bonds is 3. The van der Waals surface area contributed by atoms with Gasteiger partial charge in [-0.3, -0.25) is 0 Å². The maximum absolute atomic E-state index is 13.2. The minimum absolute atomic E-state index is 0.0429. The van der Waals surface area contributed by atoms with Crippen LogP contribution in [0, 0.1) is 5.82 Å². The number of sulfone groups is 1. The van der Waals surface area contributed by atoms with Crippen LogP contribution in [0.15, 0.2) is 23.1 Å². The van der Waals surface area contributed by atoms with Gasteiger partial charge in [0.25, 0.3) is 0 Å². The third-order valence-electron chi connectivity index (χ3n) is 2.09. The monoisotopic (exact) mass is 262 g/mol. The summed E-state index contributed by atoms with van der Waals surface area (Å²) in [5, 5.41) is 9.48. The van der Waals surface area contributed by atoms with Crippen molar-refractivity contribution in [3.8, 4) is 0 Å². The molecule has 0 heterocycles. The SMILES string of the molecule is COC(=O)C(O)c1ccc(F)c(S(C)(=O)=O)c1. The molecule has 0 aliphatic heterocycles. The van der Waals surface area contributed by atoms with Crippen molar-refractivity contribution in [3.05, 3.63) is 29.6 Å². The maximum atomic E-state index is 13.2. The van der Waals surface area contributed by atoms with Gasteiger partial charge in [0, 0.05) is 6.26 Å². The van der Waals surface area contributed by atoms with E-state index >= 15 is 0 Å². The molecule has 0 aliphatic rings. The third-order valence-corrected chi connectivity index (χ3v) is 3.21. The summed E-state index contributed by atoms with van der Waals surface area (Å²) >= 11 is 0. The standard InChI is InChI=1S/C10H11FO5S/c1-16-10(13)9(12)6-3-4-7(11)8(5-6)17(2,14)15/h3-5,9,12H,1-2H3. The minimum atomic E-state index is -3.76. The van der Waals surface area contributed by atoms with E-state index in [9.17, 15) is 22.7 Å². The van der Waals surface area contributed by atoms with E-state index in [1.807, 2.05) is 0 Å². The van der Waals surface area contributed by atoms with Crippen molar-refractivity contribution < 1.29 is 27.4 Å². The summed E-state index contributed by atoms with van der Waals surface area (Å²) in [6, 6.07) is 2.90. The lowest BCUT2D eigenvalue weighted by molar-refractivity contribution is -0.150. The van der Waals surface area contributed by atoms with Crippen molar-refractivity contribution in [3.63, 3.8) is 0 Å². The first-order chi connectivity index (χ1) is 7.77. The van der Waals surface area contributed by atoms with Crippen molar-refractivity contribution in [2.75, 3.05) is 13.4 Å². The van der Waals surface area contributed by atoms with Gasteiger partial charge in [0.1, 0.15) is 10.7 Å². The van der Waals surface area contributed by atoms with Crippen molar-refractivity contribution in [2.24, 2.45) is 0 Å². The predicted octanol–water partition coefficient (Wildman–Crippen LogP) is 0.436. The van der Waals surface area contributed by atoms with Crippen LogP contribution in [0.3, 0.4) is 0 Å². The van der Waals surface area contributed by atoms with Crippen LogP contribution in [0.25, 0.3) is 0 Å². The molecule has 0 spiro atoms. The number of benzene rings is 1. The number of hydrogen-bond donors (Lipinski definition) is 1. The van der Waals surface area contributed by atoms with Crippen molar-refractivity contribution in [1.82, 2.24) is 0 Å². The predicted molar refractivity (Wildman–Crippen MR) is 56.5 cm³/mol. The minimum Gasteiger partial charge on any atom is -0.467 e. The largest absolute Gasteiger partial charge is 0.467 e. The number of halogens is 1. The average molecular weight is 262 g/mol. The van der Waals surface area contributed by atoms with Crippen molar-refractivity contribution >= 4 is 15.8 Å². The maximum Gasteiger partial charge on any atom is 0.339 e. The second kappa shape index (κ2) is 4.80. The van der Waals surface area contributed by atoms with E-state index in [1.54, 1.807) is 0 Å². The van der Waals surface area contributed by atoms with Crippen LogP contribution in [-0.2, 0) is 19.4 Å². The van der Waals surface area contributed by atoms with E-state index in [1.165, 1.54) is 0 Å². The molecule has 0 fully saturated rings. The molecule has 94 valence electrons. The molecule has 1 aromatic carbocycles. The Bertz CT molecular complexity index is 538. The number of carbonyl (C=O) groups is 1. The van der Waals surface area contributed by atoms with Crippen LogP contribution in [0.1, 0.15) is 11.7 Å². The Hall–Kier alpha value is -1.47. The summed E-state index contributed by atoms with van der Waals surface area (Å²) in [7, 11) is -2.68. The number of esters is 1. The van der Waals surface area contributed by atoms with E-state index in [0.717, 1.165) is 31.6 Å². The highest BCUT2D eigenvalue weighted by Gasteiger charge is 2.21. The molecule has 0 saturated carbocycles. The van der Waals surface area contributed by atoms with Gasteiger partial charge >= 0.3 is 5.97 Å². The highest BCUT2D eigenvalue weighted by atomic mass is 32.2. The zero-order chi connectivity index (χ0) is 13.2. The van der Waals surface area contributed by atoms with Gasteiger partial charge in [-0.1, -0.05) is 6.07 Å². The first-order valence-corrected chi connectivity index (χ1v) is 6.42. The van der Waals surface area contributed by atoms with Crippen molar-refractivity contribution in [1.29, 1.82) is 0 Å². The summed E-state index contributed by atoms with van der Waals surface area (Å²) in [6.07, 6.45) is -0.805. The fraction of sp³-hybridized carbons (Fsp3) is 0.300. The number of methoxy groups -OCH3 is 1. The summed E-state index contributed by atoms with van der Waals surface area (Å²) < 4.78 is 40.0. The first kappa shape index (κ1) is 13.6. The molecular formula is C10H11FO5S. The van der Waals surface area contributed by atoms with E-state index in [0.29, 0.717) is 0 Å². The van der Waals surface area contributed by atoms with Crippen LogP contribution >= 0.6 is 0 Å². The fourth-order valence-electron chi connectivity index (χ4n) is 1.22. The molecule has 1 atom stereocenters. The van der Waals surface area contributed by atoms with Crippen LogP contribution in [-0.4, -0.2) is 32.9 Å². The van der Waals surface area contributed by atoms with Gasteiger partial charge in [0.2, 0.25) is 0 Å². The molecule has 1 N–H and O–H groups in total. The van der Waals surface area contributed by atoms with Gasteiger partial charge < -0.3 is 9.84 Å². The van der Waals surface area contributed by atoms with E-state index in [4.69, 9.17) is 0 Å². The Labute approximate surface area is 97.8 Å². The molecule has 1 aromatic rings. The molecule has 0 aliphatic carbocycles. The lowest BCUT2D eigenvalue weighted by Crippen LogP contribution is -2.14. The van der Waals surface area contributed by atoms with Gasteiger partial charge in [-0.2, -0.15) is 0 Å². The number of aliphatic hydroxyl groups is 1. The topological polar surface area (TPSA) is 80.7 Å². The highest BCUT2D eigenvalue weighted by Crippen LogP contribution is 2.21. The molecule has 5 nitrogen and oxygen atoms in total. The Morgan fingerprint density at radius 3 is 2.53 bits per heavy atom. The van der Waals surface area contributed by atoms with E-state index < -0.39 is 32.6 Å². The summed E-state index contributed by atoms with van der Waals surface area (Å²) in [5.74, 6) is -1.88. The molecule has 0 amide bonds. The molecule has 0 radical (unpaired) electrons. The molecule has 0 aromatic heterocycles. The second-order valence-corrected chi connectivity index (χ2v) is 5.37. The Morgan fingerprint density at radius 2 is 2.06 bits per heavy atom. The van der Waals surface area contributed by atoms with Gasteiger partial charge in [-0.25, -0.2) is 17.6 Å². The second-order valence-electron chi connectivity index (χ2n) is 3.39. The van der Waals surface area contributed by atoms with Gasteiger partial charge in [0.05, 0.1) is 7.11 Å². The molecule has 1 rings (SSSR count). The Morgan fingerprint density at radius 1 is 1.47 bits per heavy atom. The average Bonchev–Trinajstić information content (AvgIpc) is 2.26. The summed E-state index contributed by atoms with van der Waals surface area (Å²) in [6.45, 7) is 0. The van der Waals surface area contributed by atoms with E-state index in [2.05, 4.69) is 4.74 Å². The normalized spacial score (nSPS) is 13.2. The fourth-order valence-corrected chi connectivity index (χ4v) is 1.99. The van der Waals surface area contributed by atoms with Gasteiger partial charge in [-0.15, -0.1) is 0 Å². The van der Waals surface area contributed by atoms with Crippen LogP contribution in [0.5, 0.6) is 0 Å². The molecule has 17 heavy (non-hydrogen) atoms. The van der Waals surface area contributed by atoms with Crippen LogP contribution in [0.4, 0.5) is 4.39 Å². The number of carbonyl (C=O) groups excluding carboxylic acids is 1. The van der Waals surface area contributed by atoms with Crippen molar-refractivity contribution in [2.45, 2.75) is 11.0 Å². The number of hydrogen-bond acceptors (Lipinski definition) is 5. The zero-order valence-corrected chi connectivity index (χ0v) is 9.99. The summed E-state index contributed by atoms with van der Waals surface area (Å²) in [4.78, 5) is 10.5. The van der Waals surface area contributed by atoms with Gasteiger partial charge in [0.15, 0.2) is 15.9 Å². The highest BCUT2D eigenvalue weighted by molar-refractivity contribution is 7.90. The molecule has 0 bridgehead atoms. The third kappa shape index (κ3) is 3.01. The van der Waals surface area contributed by atoms with Crippen LogP contribution in [0.2, 0.25) is 0 Å². The quantitative estimate of drug-likeness (QED) is 0.799. The number of aliphatic hydroxyl groups excluding tert-OH is 1. The first-order valence-electron chi connectivity index (χ1n) is 4.52. The Kier molecular flexibility index (Phi) is 3.84. The molecule has 7 heteroatoms. The smallest absolute Gasteiger partial charge is 0.339 e. The molecule has 1 unspecified atom stereocenters. The zero-order valence-electron chi connectivity index (χ0n) is 9.18. The summed E-state index contributed by atoms with van der Waals surface area (Å²) in [5.41, 5.74) is -0.0429. The molecular weight excluding hydrogens is 251 g/mol.